The van der Waals surface area contributed by atoms with Crippen LogP contribution in [0.25, 0.3) is 0 Å². The topological polar surface area (TPSA) is 49.4 Å². The molecule has 1 fully saturated rings. The summed E-state index contributed by atoms with van der Waals surface area (Å²) >= 11 is 0. The molecular weight excluding hydrogens is 240 g/mol. The second-order valence-corrected chi connectivity index (χ2v) is 6.58. The lowest BCUT2D eigenvalue weighted by Crippen LogP contribution is -2.63. The smallest absolute Gasteiger partial charge is 0.245 e. The van der Waals surface area contributed by atoms with Gasteiger partial charge in [0.2, 0.25) is 11.8 Å². The Balaban J connectivity index is 2.81. The molecule has 3 atom stereocenters. The minimum atomic E-state index is -0.350. The van der Waals surface area contributed by atoms with Crippen molar-refractivity contribution in [3.8, 4) is 0 Å². The van der Waals surface area contributed by atoms with Crippen molar-refractivity contribution in [3.05, 3.63) is 0 Å². The normalized spacial score (nSPS) is 26.0. The van der Waals surface area contributed by atoms with E-state index in [1.54, 1.807) is 4.90 Å². The van der Waals surface area contributed by atoms with Crippen molar-refractivity contribution < 1.29 is 9.59 Å². The highest BCUT2D eigenvalue weighted by Crippen LogP contribution is 2.19. The largest absolute Gasteiger partial charge is 0.343 e. The van der Waals surface area contributed by atoms with Crippen LogP contribution >= 0.6 is 0 Å². The maximum Gasteiger partial charge on any atom is 0.245 e. The molecule has 19 heavy (non-hydrogen) atoms. The highest BCUT2D eigenvalue weighted by atomic mass is 16.2. The van der Waals surface area contributed by atoms with Crippen LogP contribution < -0.4 is 5.32 Å². The van der Waals surface area contributed by atoms with Gasteiger partial charge in [-0.15, -0.1) is 0 Å². The van der Waals surface area contributed by atoms with E-state index in [9.17, 15) is 9.59 Å². The van der Waals surface area contributed by atoms with E-state index >= 15 is 0 Å². The number of nitrogens with zero attached hydrogens (tertiary/aromatic N) is 1. The summed E-state index contributed by atoms with van der Waals surface area (Å²) in [6.07, 6.45) is 0.712. The molecule has 0 aromatic heterocycles. The van der Waals surface area contributed by atoms with Crippen molar-refractivity contribution >= 4 is 11.8 Å². The molecule has 0 aliphatic carbocycles. The van der Waals surface area contributed by atoms with Crippen LogP contribution in [-0.2, 0) is 9.59 Å². The zero-order valence-electron chi connectivity index (χ0n) is 13.1. The molecular formula is C15H28N2O2. The minimum absolute atomic E-state index is 0.0267. The van der Waals surface area contributed by atoms with Gasteiger partial charge < -0.3 is 10.2 Å². The van der Waals surface area contributed by atoms with Gasteiger partial charge in [0.25, 0.3) is 0 Å². The summed E-state index contributed by atoms with van der Waals surface area (Å²) in [5, 5.41) is 2.85. The van der Waals surface area contributed by atoms with Crippen LogP contribution in [0.5, 0.6) is 0 Å². The molecule has 1 heterocycles. The van der Waals surface area contributed by atoms with E-state index in [-0.39, 0.29) is 23.9 Å². The molecule has 4 heteroatoms. The first-order chi connectivity index (χ1) is 8.73. The maximum absolute atomic E-state index is 12.5. The minimum Gasteiger partial charge on any atom is -0.343 e. The number of amides is 2. The van der Waals surface area contributed by atoms with Crippen LogP contribution in [0, 0.1) is 17.8 Å². The Hall–Kier alpha value is -1.06. The third-order valence-corrected chi connectivity index (χ3v) is 4.07. The Morgan fingerprint density at radius 3 is 2.21 bits per heavy atom. The SMILES string of the molecule is CC(C)CC1NC(=O)C(C)N(CC(C)C(C)C)C1=O. The van der Waals surface area contributed by atoms with E-state index in [1.165, 1.54) is 0 Å². The summed E-state index contributed by atoms with van der Waals surface area (Å²) in [4.78, 5) is 26.2. The van der Waals surface area contributed by atoms with Gasteiger partial charge in [0, 0.05) is 6.54 Å². The zero-order valence-corrected chi connectivity index (χ0v) is 13.1. The number of carbonyl (C=O) groups is 2. The van der Waals surface area contributed by atoms with E-state index < -0.39 is 0 Å². The van der Waals surface area contributed by atoms with Gasteiger partial charge in [-0.1, -0.05) is 34.6 Å². The van der Waals surface area contributed by atoms with Gasteiger partial charge in [0.05, 0.1) is 0 Å². The molecule has 0 spiro atoms. The fourth-order valence-electron chi connectivity index (χ4n) is 2.29. The second kappa shape index (κ2) is 6.40. The lowest BCUT2D eigenvalue weighted by Gasteiger charge is -2.39. The van der Waals surface area contributed by atoms with Gasteiger partial charge >= 0.3 is 0 Å². The molecule has 1 N–H and O–H groups in total. The average molecular weight is 268 g/mol. The molecule has 4 nitrogen and oxygen atoms in total. The van der Waals surface area contributed by atoms with Gasteiger partial charge in [-0.25, -0.2) is 0 Å². The molecule has 2 amide bonds. The molecule has 1 saturated heterocycles. The summed E-state index contributed by atoms with van der Waals surface area (Å²) in [5.41, 5.74) is 0. The lowest BCUT2D eigenvalue weighted by atomic mass is 9.94. The summed E-state index contributed by atoms with van der Waals surface area (Å²) in [6, 6.07) is -0.694. The van der Waals surface area contributed by atoms with Gasteiger partial charge in [-0.2, -0.15) is 0 Å². The molecule has 0 radical (unpaired) electrons. The van der Waals surface area contributed by atoms with Crippen molar-refractivity contribution in [1.29, 1.82) is 0 Å². The monoisotopic (exact) mass is 268 g/mol. The van der Waals surface area contributed by atoms with Gasteiger partial charge in [-0.3, -0.25) is 9.59 Å². The average Bonchev–Trinajstić information content (AvgIpc) is 2.30. The van der Waals surface area contributed by atoms with E-state index in [1.807, 2.05) is 6.92 Å². The summed E-state index contributed by atoms with van der Waals surface area (Å²) in [5.74, 6) is 1.35. The number of piperazine rings is 1. The fourth-order valence-corrected chi connectivity index (χ4v) is 2.29. The van der Waals surface area contributed by atoms with Crippen LogP contribution in [0.3, 0.4) is 0 Å². The van der Waals surface area contributed by atoms with E-state index in [4.69, 9.17) is 0 Å². The Morgan fingerprint density at radius 2 is 1.74 bits per heavy atom. The first kappa shape index (κ1) is 16.0. The highest BCUT2D eigenvalue weighted by Gasteiger charge is 2.38. The molecule has 3 unspecified atom stereocenters. The Kier molecular flexibility index (Phi) is 5.39. The van der Waals surface area contributed by atoms with Gasteiger partial charge in [-0.05, 0) is 31.1 Å². The van der Waals surface area contributed by atoms with Crippen LogP contribution in [0.1, 0.15) is 48.0 Å². The quantitative estimate of drug-likeness (QED) is 0.829. The first-order valence-electron chi connectivity index (χ1n) is 7.34. The maximum atomic E-state index is 12.5. The molecule has 1 aliphatic rings. The predicted molar refractivity (Wildman–Crippen MR) is 76.6 cm³/mol. The number of hydrogen-bond acceptors (Lipinski definition) is 2. The third kappa shape index (κ3) is 3.95. The zero-order chi connectivity index (χ0) is 14.7. The van der Waals surface area contributed by atoms with E-state index in [0.717, 1.165) is 0 Å². The van der Waals surface area contributed by atoms with Crippen molar-refractivity contribution in [2.45, 2.75) is 60.0 Å². The highest BCUT2D eigenvalue weighted by molar-refractivity contribution is 5.96. The van der Waals surface area contributed by atoms with Crippen LogP contribution in [0.4, 0.5) is 0 Å². The van der Waals surface area contributed by atoms with Gasteiger partial charge in [0.1, 0.15) is 12.1 Å². The standard InChI is InChI=1S/C15H28N2O2/c1-9(2)7-13-15(19)17(8-11(5)10(3)4)12(6)14(18)16-13/h9-13H,7-8H2,1-6H3,(H,16,18). The van der Waals surface area contributed by atoms with Crippen molar-refractivity contribution in [2.24, 2.45) is 17.8 Å². The molecule has 1 rings (SSSR count). The molecule has 110 valence electrons. The molecule has 0 bridgehead atoms. The van der Waals surface area contributed by atoms with Crippen LogP contribution in [0.2, 0.25) is 0 Å². The Morgan fingerprint density at radius 1 is 1.16 bits per heavy atom. The molecule has 0 aromatic rings. The summed E-state index contributed by atoms with van der Waals surface area (Å²) in [7, 11) is 0. The van der Waals surface area contributed by atoms with E-state index in [2.05, 4.69) is 39.9 Å². The van der Waals surface area contributed by atoms with E-state index in [0.29, 0.717) is 30.7 Å². The van der Waals surface area contributed by atoms with Crippen molar-refractivity contribution in [3.63, 3.8) is 0 Å². The summed E-state index contributed by atoms with van der Waals surface area (Å²) < 4.78 is 0. The Labute approximate surface area is 116 Å². The lowest BCUT2D eigenvalue weighted by molar-refractivity contribution is -0.149. The number of carbonyl (C=O) groups excluding carboxylic acids is 2. The van der Waals surface area contributed by atoms with Crippen molar-refractivity contribution in [1.82, 2.24) is 10.2 Å². The second-order valence-electron chi connectivity index (χ2n) is 6.58. The molecule has 1 aliphatic heterocycles. The number of nitrogens with one attached hydrogen (secondary N) is 1. The predicted octanol–water partition coefficient (Wildman–Crippen LogP) is 2.04. The molecule has 0 aromatic carbocycles. The van der Waals surface area contributed by atoms with Gasteiger partial charge in [0.15, 0.2) is 0 Å². The van der Waals surface area contributed by atoms with Crippen LogP contribution in [-0.4, -0.2) is 35.3 Å². The fraction of sp³-hybridized carbons (Fsp3) is 0.867. The number of hydrogen-bond donors (Lipinski definition) is 1. The summed E-state index contributed by atoms with van der Waals surface area (Å²) in [6.45, 7) is 13.0. The van der Waals surface area contributed by atoms with Crippen LogP contribution in [0.15, 0.2) is 0 Å². The number of rotatable bonds is 5. The Bertz CT molecular complexity index is 339. The third-order valence-electron chi connectivity index (χ3n) is 4.07. The van der Waals surface area contributed by atoms with Crippen molar-refractivity contribution in [2.75, 3.05) is 6.54 Å². The molecule has 0 saturated carbocycles. The first-order valence-corrected chi connectivity index (χ1v) is 7.34.